The van der Waals surface area contributed by atoms with Gasteiger partial charge in [-0.3, -0.25) is 4.79 Å². The van der Waals surface area contributed by atoms with E-state index in [1.807, 2.05) is 0 Å². The number of rotatable bonds is 5. The van der Waals surface area contributed by atoms with E-state index in [0.717, 1.165) is 32.5 Å². The minimum absolute atomic E-state index is 0.0186. The van der Waals surface area contributed by atoms with Crippen LogP contribution in [0.25, 0.3) is 0 Å². The van der Waals surface area contributed by atoms with Gasteiger partial charge in [0.05, 0.1) is 5.02 Å². The monoisotopic (exact) mass is 341 g/mol. The summed E-state index contributed by atoms with van der Waals surface area (Å²) in [5, 5.41) is 2.79. The highest BCUT2D eigenvalue weighted by atomic mass is 35.5. The van der Waals surface area contributed by atoms with Crippen molar-refractivity contribution < 1.29 is 9.18 Å². The van der Waals surface area contributed by atoms with Gasteiger partial charge in [0, 0.05) is 24.7 Å². The van der Waals surface area contributed by atoms with E-state index in [0.29, 0.717) is 18.2 Å². The fraction of sp³-hybridized carbons (Fsp3) is 0.588. The molecular weight excluding hydrogens is 317 g/mol. The van der Waals surface area contributed by atoms with Gasteiger partial charge in [0.2, 0.25) is 5.91 Å². The quantitative estimate of drug-likeness (QED) is 0.893. The Morgan fingerprint density at radius 3 is 2.87 bits per heavy atom. The maximum absolute atomic E-state index is 13.1. The zero-order chi connectivity index (χ0) is 16.8. The molecule has 1 fully saturated rings. The van der Waals surface area contributed by atoms with Crippen molar-refractivity contribution in [2.24, 2.45) is 0 Å². The fourth-order valence-corrected chi connectivity index (χ4v) is 3.12. The first-order valence-corrected chi connectivity index (χ1v) is 8.47. The van der Waals surface area contributed by atoms with Gasteiger partial charge >= 0.3 is 0 Å². The SMILES string of the molecule is CN(C)[C@@H]1CCCN(CCC(=O)Nc2ccc(F)c(Cl)c2)CC1. The number of amides is 1. The van der Waals surface area contributed by atoms with E-state index in [2.05, 4.69) is 29.2 Å². The molecule has 1 amide bonds. The zero-order valence-corrected chi connectivity index (χ0v) is 14.6. The van der Waals surface area contributed by atoms with Gasteiger partial charge in [-0.05, 0) is 64.6 Å². The first-order chi connectivity index (χ1) is 11.0. The van der Waals surface area contributed by atoms with Crippen LogP contribution in [0, 0.1) is 5.82 Å². The van der Waals surface area contributed by atoms with Crippen molar-refractivity contribution in [2.45, 2.75) is 31.7 Å². The molecule has 0 spiro atoms. The second-order valence-corrected chi connectivity index (χ2v) is 6.72. The summed E-state index contributed by atoms with van der Waals surface area (Å²) in [6.45, 7) is 2.82. The molecule has 1 atom stereocenters. The van der Waals surface area contributed by atoms with Gasteiger partial charge in [-0.15, -0.1) is 0 Å². The molecule has 1 saturated heterocycles. The number of likely N-dealkylation sites (tertiary alicyclic amines) is 1. The Kier molecular flexibility index (Phi) is 6.81. The molecule has 1 N–H and O–H groups in total. The fourth-order valence-electron chi connectivity index (χ4n) is 2.94. The highest BCUT2D eigenvalue weighted by Crippen LogP contribution is 2.19. The van der Waals surface area contributed by atoms with E-state index in [9.17, 15) is 9.18 Å². The van der Waals surface area contributed by atoms with E-state index < -0.39 is 5.82 Å². The van der Waals surface area contributed by atoms with Crippen LogP contribution in [0.2, 0.25) is 5.02 Å². The van der Waals surface area contributed by atoms with E-state index in [1.54, 1.807) is 0 Å². The van der Waals surface area contributed by atoms with Crippen molar-refractivity contribution in [1.82, 2.24) is 9.80 Å². The molecule has 23 heavy (non-hydrogen) atoms. The van der Waals surface area contributed by atoms with Crippen LogP contribution in [0.3, 0.4) is 0 Å². The van der Waals surface area contributed by atoms with Crippen LogP contribution in [0.15, 0.2) is 18.2 Å². The van der Waals surface area contributed by atoms with E-state index in [4.69, 9.17) is 11.6 Å². The molecule has 4 nitrogen and oxygen atoms in total. The van der Waals surface area contributed by atoms with Crippen molar-refractivity contribution in [3.8, 4) is 0 Å². The van der Waals surface area contributed by atoms with Gasteiger partial charge in [-0.2, -0.15) is 0 Å². The topological polar surface area (TPSA) is 35.6 Å². The number of halogens is 2. The molecule has 1 aromatic carbocycles. The van der Waals surface area contributed by atoms with Gasteiger partial charge in [0.1, 0.15) is 5.82 Å². The van der Waals surface area contributed by atoms with Gasteiger partial charge in [-0.25, -0.2) is 4.39 Å². The molecule has 1 aliphatic heterocycles. The lowest BCUT2D eigenvalue weighted by Gasteiger charge is -2.23. The molecular formula is C17H25ClFN3O. The molecule has 0 bridgehead atoms. The molecule has 0 saturated carbocycles. The number of hydrogen-bond donors (Lipinski definition) is 1. The van der Waals surface area contributed by atoms with Crippen LogP contribution in [-0.4, -0.2) is 55.5 Å². The first kappa shape index (κ1) is 18.2. The zero-order valence-electron chi connectivity index (χ0n) is 13.8. The Balaban J connectivity index is 1.76. The molecule has 128 valence electrons. The number of nitrogens with one attached hydrogen (secondary N) is 1. The van der Waals surface area contributed by atoms with Crippen LogP contribution in [0.1, 0.15) is 25.7 Å². The lowest BCUT2D eigenvalue weighted by Crippen LogP contribution is -2.31. The van der Waals surface area contributed by atoms with Crippen LogP contribution in [0.5, 0.6) is 0 Å². The summed E-state index contributed by atoms with van der Waals surface area (Å²) in [5.41, 5.74) is 0.532. The summed E-state index contributed by atoms with van der Waals surface area (Å²) in [6.07, 6.45) is 3.95. The molecule has 0 aliphatic carbocycles. The number of benzene rings is 1. The number of carbonyl (C=O) groups is 1. The van der Waals surface area contributed by atoms with Gasteiger partial charge in [0.25, 0.3) is 0 Å². The van der Waals surface area contributed by atoms with Crippen LogP contribution in [-0.2, 0) is 4.79 Å². The number of carbonyl (C=O) groups excluding carboxylic acids is 1. The van der Waals surface area contributed by atoms with Crippen molar-refractivity contribution >= 4 is 23.2 Å². The van der Waals surface area contributed by atoms with Crippen molar-refractivity contribution in [3.05, 3.63) is 29.0 Å². The summed E-state index contributed by atoms with van der Waals surface area (Å²) in [7, 11) is 4.25. The normalized spacial score (nSPS) is 19.6. The number of anilines is 1. The Hall–Kier alpha value is -1.17. The first-order valence-electron chi connectivity index (χ1n) is 8.09. The lowest BCUT2D eigenvalue weighted by molar-refractivity contribution is -0.116. The molecule has 1 aliphatic rings. The van der Waals surface area contributed by atoms with Crippen molar-refractivity contribution in [3.63, 3.8) is 0 Å². The molecule has 6 heteroatoms. The summed E-state index contributed by atoms with van der Waals surface area (Å²) in [6, 6.07) is 4.85. The third-order valence-corrected chi connectivity index (χ3v) is 4.67. The Labute approximate surface area is 142 Å². The second kappa shape index (κ2) is 8.62. The Morgan fingerprint density at radius 2 is 2.17 bits per heavy atom. The summed E-state index contributed by atoms with van der Waals surface area (Å²) < 4.78 is 13.1. The molecule has 2 rings (SSSR count). The average Bonchev–Trinajstić information content (AvgIpc) is 2.74. The van der Waals surface area contributed by atoms with Gasteiger partial charge in [-0.1, -0.05) is 11.6 Å². The maximum Gasteiger partial charge on any atom is 0.225 e. The van der Waals surface area contributed by atoms with Crippen LogP contribution >= 0.6 is 11.6 Å². The Morgan fingerprint density at radius 1 is 1.39 bits per heavy atom. The summed E-state index contributed by atoms with van der Waals surface area (Å²) >= 11 is 5.71. The minimum atomic E-state index is -0.482. The Bertz CT molecular complexity index is 539. The highest BCUT2D eigenvalue weighted by Gasteiger charge is 2.18. The third-order valence-electron chi connectivity index (χ3n) is 4.38. The van der Waals surface area contributed by atoms with E-state index in [1.165, 1.54) is 24.6 Å². The predicted octanol–water partition coefficient (Wildman–Crippen LogP) is 3.22. The number of nitrogens with zero attached hydrogens (tertiary/aromatic N) is 2. The summed E-state index contributed by atoms with van der Waals surface area (Å²) in [4.78, 5) is 16.7. The average molecular weight is 342 g/mol. The molecule has 0 unspecified atom stereocenters. The van der Waals surface area contributed by atoms with E-state index >= 15 is 0 Å². The van der Waals surface area contributed by atoms with Gasteiger partial charge in [0.15, 0.2) is 0 Å². The molecule has 0 radical (unpaired) electrons. The van der Waals surface area contributed by atoms with E-state index in [-0.39, 0.29) is 10.9 Å². The van der Waals surface area contributed by atoms with Crippen LogP contribution in [0.4, 0.5) is 10.1 Å². The molecule has 1 aromatic rings. The van der Waals surface area contributed by atoms with Gasteiger partial charge < -0.3 is 15.1 Å². The second-order valence-electron chi connectivity index (χ2n) is 6.32. The molecule has 1 heterocycles. The van der Waals surface area contributed by atoms with Crippen LogP contribution < -0.4 is 5.32 Å². The standard InChI is InChI=1S/C17H25ClFN3O/c1-21(2)14-4-3-9-22(10-7-14)11-8-17(23)20-13-5-6-16(19)15(18)12-13/h5-6,12,14H,3-4,7-11H2,1-2H3,(H,20,23)/t14-/m1/s1. The third kappa shape index (κ3) is 5.75. The lowest BCUT2D eigenvalue weighted by atomic mass is 10.1. The smallest absolute Gasteiger partial charge is 0.225 e. The van der Waals surface area contributed by atoms with Crippen molar-refractivity contribution in [2.75, 3.05) is 39.0 Å². The van der Waals surface area contributed by atoms with Crippen molar-refractivity contribution in [1.29, 1.82) is 0 Å². The summed E-state index contributed by atoms with van der Waals surface area (Å²) in [5.74, 6) is -0.550. The highest BCUT2D eigenvalue weighted by molar-refractivity contribution is 6.31. The molecule has 0 aromatic heterocycles. The minimum Gasteiger partial charge on any atom is -0.326 e. The maximum atomic E-state index is 13.1. The predicted molar refractivity (Wildman–Crippen MR) is 92.4 cm³/mol. The largest absolute Gasteiger partial charge is 0.326 e. The number of hydrogen-bond acceptors (Lipinski definition) is 3.